The highest BCUT2D eigenvalue weighted by molar-refractivity contribution is 7.15. The van der Waals surface area contributed by atoms with Gasteiger partial charge in [-0.05, 0) is 37.3 Å². The van der Waals surface area contributed by atoms with Crippen molar-refractivity contribution in [3.63, 3.8) is 0 Å². The van der Waals surface area contributed by atoms with Crippen LogP contribution >= 0.6 is 22.7 Å². The van der Waals surface area contributed by atoms with E-state index in [1.54, 1.807) is 16.7 Å². The quantitative estimate of drug-likeness (QED) is 0.851. The molecular formula is C16H18N2O2S2. The van der Waals surface area contributed by atoms with Gasteiger partial charge < -0.3 is 0 Å². The van der Waals surface area contributed by atoms with Crippen molar-refractivity contribution in [2.75, 3.05) is 5.32 Å². The maximum Gasteiger partial charge on any atom is 0.267 e. The maximum absolute atomic E-state index is 12.4. The van der Waals surface area contributed by atoms with Crippen molar-refractivity contribution in [2.45, 2.75) is 45.4 Å². The third-order valence-corrected chi connectivity index (χ3v) is 5.80. The molecule has 0 saturated heterocycles. The summed E-state index contributed by atoms with van der Waals surface area (Å²) < 4.78 is 0. The normalized spacial score (nSPS) is 14.8. The number of anilines is 1. The number of thiazole rings is 1. The van der Waals surface area contributed by atoms with Gasteiger partial charge in [-0.1, -0.05) is 12.8 Å². The average Bonchev–Trinajstić information content (AvgIpc) is 3.06. The summed E-state index contributed by atoms with van der Waals surface area (Å²) >= 11 is 2.88. The molecule has 1 aliphatic carbocycles. The minimum atomic E-state index is -0.124. The Balaban J connectivity index is 1.74. The fraction of sp³-hybridized carbons (Fsp3) is 0.438. The highest BCUT2D eigenvalue weighted by Crippen LogP contribution is 2.29. The third-order valence-electron chi connectivity index (χ3n) is 3.81. The Morgan fingerprint density at radius 3 is 2.68 bits per heavy atom. The number of carbonyl (C=O) groups excluding carboxylic acids is 2. The molecule has 1 aliphatic rings. The number of nitrogens with zero attached hydrogens (tertiary/aromatic N) is 1. The van der Waals surface area contributed by atoms with Gasteiger partial charge in [0.05, 0.1) is 4.88 Å². The molecule has 0 radical (unpaired) electrons. The van der Waals surface area contributed by atoms with E-state index in [1.807, 2.05) is 6.07 Å². The number of aryl methyl sites for hydroxylation is 2. The summed E-state index contributed by atoms with van der Waals surface area (Å²) in [7, 11) is 0. The number of hydrogen-bond donors (Lipinski definition) is 1. The first-order chi connectivity index (χ1) is 10.6. The van der Waals surface area contributed by atoms with Crippen molar-refractivity contribution in [3.8, 4) is 0 Å². The Morgan fingerprint density at radius 2 is 1.95 bits per heavy atom. The van der Waals surface area contributed by atoms with Crippen LogP contribution in [0, 0.1) is 0 Å². The molecule has 0 atom stereocenters. The van der Waals surface area contributed by atoms with Crippen LogP contribution in [0.3, 0.4) is 0 Å². The molecule has 6 heteroatoms. The summed E-state index contributed by atoms with van der Waals surface area (Å²) in [5.41, 5.74) is 1.73. The zero-order valence-electron chi connectivity index (χ0n) is 12.5. The number of aromatic nitrogens is 1. The zero-order valence-corrected chi connectivity index (χ0v) is 14.1. The standard InChI is InChI=1S/C16H18N2O2S2/c1-10(19)12-9-21-16(17-12)18-15(20)14-8-11-6-4-2-3-5-7-13(11)22-14/h8-9H,2-7H2,1H3,(H,17,18,20). The summed E-state index contributed by atoms with van der Waals surface area (Å²) in [6.45, 7) is 1.47. The number of rotatable bonds is 3. The van der Waals surface area contributed by atoms with E-state index in [9.17, 15) is 9.59 Å². The number of fused-ring (bicyclic) bond motifs is 1. The van der Waals surface area contributed by atoms with Gasteiger partial charge >= 0.3 is 0 Å². The molecule has 0 spiro atoms. The van der Waals surface area contributed by atoms with E-state index >= 15 is 0 Å². The van der Waals surface area contributed by atoms with Crippen molar-refractivity contribution < 1.29 is 9.59 Å². The molecule has 2 aromatic rings. The number of ketones is 1. The predicted octanol–water partition coefficient (Wildman–Crippen LogP) is 4.32. The third kappa shape index (κ3) is 3.44. The topological polar surface area (TPSA) is 59.1 Å². The smallest absolute Gasteiger partial charge is 0.267 e. The molecule has 4 nitrogen and oxygen atoms in total. The van der Waals surface area contributed by atoms with Gasteiger partial charge in [-0.3, -0.25) is 14.9 Å². The summed E-state index contributed by atoms with van der Waals surface area (Å²) in [5.74, 6) is -0.211. The van der Waals surface area contributed by atoms with Crippen LogP contribution in [-0.2, 0) is 12.8 Å². The highest BCUT2D eigenvalue weighted by atomic mass is 32.1. The molecule has 1 N–H and O–H groups in total. The zero-order chi connectivity index (χ0) is 15.5. The summed E-state index contributed by atoms with van der Waals surface area (Å²) in [4.78, 5) is 29.8. The first-order valence-corrected chi connectivity index (χ1v) is 9.22. The van der Waals surface area contributed by atoms with Gasteiger partial charge in [-0.2, -0.15) is 0 Å². The Labute approximate surface area is 137 Å². The predicted molar refractivity (Wildman–Crippen MR) is 90.3 cm³/mol. The molecule has 0 fully saturated rings. The molecule has 0 saturated carbocycles. The van der Waals surface area contributed by atoms with Gasteiger partial charge in [0, 0.05) is 17.2 Å². The molecule has 1 amide bonds. The first-order valence-electron chi connectivity index (χ1n) is 7.53. The monoisotopic (exact) mass is 334 g/mol. The van der Waals surface area contributed by atoms with Crippen LogP contribution in [0.4, 0.5) is 5.13 Å². The number of nitrogens with one attached hydrogen (secondary N) is 1. The molecule has 3 rings (SSSR count). The van der Waals surface area contributed by atoms with Crippen LogP contribution in [0.2, 0.25) is 0 Å². The molecular weight excluding hydrogens is 316 g/mol. The van der Waals surface area contributed by atoms with Crippen LogP contribution in [0.5, 0.6) is 0 Å². The molecule has 0 aliphatic heterocycles. The number of amides is 1. The van der Waals surface area contributed by atoms with Gasteiger partial charge in [-0.15, -0.1) is 22.7 Å². The van der Waals surface area contributed by atoms with E-state index in [-0.39, 0.29) is 11.7 Å². The van der Waals surface area contributed by atoms with Gasteiger partial charge in [0.2, 0.25) is 0 Å². The number of Topliss-reactive ketones (excluding diaryl/α,β-unsaturated/α-hetero) is 1. The van der Waals surface area contributed by atoms with Gasteiger partial charge in [0.25, 0.3) is 5.91 Å². The van der Waals surface area contributed by atoms with Crippen molar-refractivity contribution in [1.29, 1.82) is 0 Å². The molecule has 116 valence electrons. The Morgan fingerprint density at radius 1 is 1.18 bits per heavy atom. The van der Waals surface area contributed by atoms with Crippen LogP contribution in [0.1, 0.15) is 63.2 Å². The second-order valence-electron chi connectivity index (χ2n) is 5.52. The first kappa shape index (κ1) is 15.4. The summed E-state index contributed by atoms with van der Waals surface area (Å²) in [5, 5.41) is 4.96. The molecule has 22 heavy (non-hydrogen) atoms. The minimum absolute atomic E-state index is 0.0872. The number of thiophene rings is 1. The van der Waals surface area contributed by atoms with Gasteiger partial charge in [0.1, 0.15) is 5.69 Å². The van der Waals surface area contributed by atoms with E-state index in [0.29, 0.717) is 10.8 Å². The van der Waals surface area contributed by atoms with Crippen molar-refractivity contribution in [3.05, 3.63) is 32.5 Å². The number of carbonyl (C=O) groups is 2. The lowest BCUT2D eigenvalue weighted by molar-refractivity contribution is 0.100. The van der Waals surface area contributed by atoms with Crippen molar-refractivity contribution >= 4 is 39.5 Å². The molecule has 2 aromatic heterocycles. The lowest BCUT2D eigenvalue weighted by Crippen LogP contribution is -2.10. The summed E-state index contributed by atoms with van der Waals surface area (Å²) in [6.07, 6.45) is 7.14. The van der Waals surface area contributed by atoms with E-state index < -0.39 is 0 Å². The average molecular weight is 334 g/mol. The Hall–Kier alpha value is -1.53. The van der Waals surface area contributed by atoms with E-state index in [2.05, 4.69) is 10.3 Å². The second-order valence-corrected chi connectivity index (χ2v) is 7.52. The minimum Gasteiger partial charge on any atom is -0.297 e. The van der Waals surface area contributed by atoms with Crippen LogP contribution < -0.4 is 5.32 Å². The molecule has 0 bridgehead atoms. The largest absolute Gasteiger partial charge is 0.297 e. The Kier molecular flexibility index (Phi) is 4.69. The van der Waals surface area contributed by atoms with Gasteiger partial charge in [-0.25, -0.2) is 4.98 Å². The lowest BCUT2D eigenvalue weighted by Gasteiger charge is -2.07. The SMILES string of the molecule is CC(=O)c1csc(NC(=O)c2cc3c(s2)CCCCCC3)n1. The second kappa shape index (κ2) is 6.71. The molecule has 0 aromatic carbocycles. The van der Waals surface area contributed by atoms with E-state index in [1.165, 1.54) is 54.4 Å². The van der Waals surface area contributed by atoms with Gasteiger partial charge in [0.15, 0.2) is 10.9 Å². The van der Waals surface area contributed by atoms with Crippen LogP contribution in [-0.4, -0.2) is 16.7 Å². The van der Waals surface area contributed by atoms with E-state index in [4.69, 9.17) is 0 Å². The van der Waals surface area contributed by atoms with Crippen LogP contribution in [0.25, 0.3) is 0 Å². The van der Waals surface area contributed by atoms with Crippen LogP contribution in [0.15, 0.2) is 11.4 Å². The maximum atomic E-state index is 12.4. The van der Waals surface area contributed by atoms with Crippen molar-refractivity contribution in [1.82, 2.24) is 4.98 Å². The molecule has 2 heterocycles. The van der Waals surface area contributed by atoms with E-state index in [0.717, 1.165) is 17.7 Å². The molecule has 0 unspecified atom stereocenters. The highest BCUT2D eigenvalue weighted by Gasteiger charge is 2.17. The lowest BCUT2D eigenvalue weighted by atomic mass is 10.00. The number of hydrogen-bond acceptors (Lipinski definition) is 5. The fourth-order valence-electron chi connectivity index (χ4n) is 2.61. The Bertz CT molecular complexity index is 677. The van der Waals surface area contributed by atoms with Crippen molar-refractivity contribution in [2.24, 2.45) is 0 Å². The summed E-state index contributed by atoms with van der Waals surface area (Å²) in [6, 6.07) is 2.03. The fourth-order valence-corrected chi connectivity index (χ4v) is 4.50.